The second kappa shape index (κ2) is 7.30. The summed E-state index contributed by atoms with van der Waals surface area (Å²) in [6.07, 6.45) is 5.31. The largest absolute Gasteiger partial charge is 0.335 e. The maximum Gasteiger partial charge on any atom is 0.259 e. The Morgan fingerprint density at radius 1 is 0.929 bits per heavy atom. The summed E-state index contributed by atoms with van der Waals surface area (Å²) in [5.74, 6) is 0.0777. The second-order valence-electron chi connectivity index (χ2n) is 6.69. The Morgan fingerprint density at radius 2 is 1.50 bits per heavy atom. The zero-order valence-corrected chi connectivity index (χ0v) is 15.5. The number of carbonyl (C=O) groups excluding carboxylic acids is 2. The highest BCUT2D eigenvalue weighted by Crippen LogP contribution is 2.18. The van der Waals surface area contributed by atoms with Gasteiger partial charge in [-0.2, -0.15) is 5.10 Å². The highest BCUT2D eigenvalue weighted by atomic mass is 19.1. The molecule has 2 amide bonds. The average molecular weight is 381 g/mol. The minimum absolute atomic E-state index is 0.106. The minimum atomic E-state index is -0.373. The Balaban J connectivity index is 1.45. The molecule has 0 N–H and O–H groups in total. The first-order valence-electron chi connectivity index (χ1n) is 9.04. The molecule has 0 unspecified atom stereocenters. The van der Waals surface area contributed by atoms with E-state index in [0.29, 0.717) is 43.1 Å². The molecule has 0 bridgehead atoms. The normalized spacial score (nSPS) is 14.4. The van der Waals surface area contributed by atoms with Crippen molar-refractivity contribution in [3.05, 3.63) is 71.9 Å². The van der Waals surface area contributed by atoms with Crippen LogP contribution in [-0.2, 0) is 7.05 Å². The van der Waals surface area contributed by atoms with Gasteiger partial charge >= 0.3 is 0 Å². The summed E-state index contributed by atoms with van der Waals surface area (Å²) in [7, 11) is 1.80. The molecule has 0 radical (unpaired) electrons. The first-order valence-corrected chi connectivity index (χ1v) is 9.04. The molecule has 1 aliphatic rings. The fraction of sp³-hybridized carbons (Fsp3) is 0.250. The van der Waals surface area contributed by atoms with Gasteiger partial charge < -0.3 is 14.4 Å². The van der Waals surface area contributed by atoms with Crippen LogP contribution in [0.3, 0.4) is 0 Å². The molecule has 0 saturated carbocycles. The van der Waals surface area contributed by atoms with E-state index in [1.165, 1.54) is 24.3 Å². The lowest BCUT2D eigenvalue weighted by atomic mass is 10.1. The SMILES string of the molecule is Cn1ncc(C(=O)N2CCN(C(=O)c3ccc(F)cc3)CC2)c1-n1cccc1. The molecule has 8 heteroatoms. The van der Waals surface area contributed by atoms with Crippen LogP contribution in [0.4, 0.5) is 4.39 Å². The van der Waals surface area contributed by atoms with Crippen molar-refractivity contribution < 1.29 is 14.0 Å². The average Bonchev–Trinajstić information content (AvgIpc) is 3.37. The van der Waals surface area contributed by atoms with Crippen LogP contribution in [0, 0.1) is 5.82 Å². The zero-order valence-electron chi connectivity index (χ0n) is 15.5. The van der Waals surface area contributed by atoms with Gasteiger partial charge in [-0.25, -0.2) is 4.39 Å². The molecule has 144 valence electrons. The molecule has 0 spiro atoms. The maximum atomic E-state index is 13.1. The van der Waals surface area contributed by atoms with Crippen LogP contribution in [0.2, 0.25) is 0 Å². The quantitative estimate of drug-likeness (QED) is 0.697. The molecule has 0 atom stereocenters. The lowest BCUT2D eigenvalue weighted by Gasteiger charge is -2.34. The summed E-state index contributed by atoms with van der Waals surface area (Å²) >= 11 is 0. The third-order valence-corrected chi connectivity index (χ3v) is 4.93. The minimum Gasteiger partial charge on any atom is -0.335 e. The van der Waals surface area contributed by atoms with Crippen molar-refractivity contribution >= 4 is 11.8 Å². The molecular weight excluding hydrogens is 361 g/mol. The molecule has 1 aromatic carbocycles. The fourth-order valence-corrected chi connectivity index (χ4v) is 3.42. The number of benzene rings is 1. The van der Waals surface area contributed by atoms with Gasteiger partial charge in [-0.1, -0.05) is 0 Å². The Labute approximate surface area is 161 Å². The standard InChI is InChI=1S/C20H20FN5O2/c1-23-18(24-8-2-3-9-24)17(14-22-23)20(28)26-12-10-25(11-13-26)19(27)15-4-6-16(21)7-5-15/h2-9,14H,10-13H2,1H3. The molecule has 1 fully saturated rings. The third kappa shape index (κ3) is 3.28. The van der Waals surface area contributed by atoms with Crippen molar-refractivity contribution in [2.45, 2.75) is 0 Å². The number of halogens is 1. The molecule has 3 aromatic rings. The molecule has 2 aromatic heterocycles. The molecule has 28 heavy (non-hydrogen) atoms. The summed E-state index contributed by atoms with van der Waals surface area (Å²) in [4.78, 5) is 29.0. The molecule has 1 aliphatic heterocycles. The van der Waals surface area contributed by atoms with Crippen LogP contribution >= 0.6 is 0 Å². The number of aromatic nitrogens is 3. The van der Waals surface area contributed by atoms with Gasteiger partial charge in [0, 0.05) is 51.2 Å². The maximum absolute atomic E-state index is 13.1. The van der Waals surface area contributed by atoms with Crippen molar-refractivity contribution in [2.75, 3.05) is 26.2 Å². The summed E-state index contributed by atoms with van der Waals surface area (Å²) in [5, 5.41) is 4.23. The van der Waals surface area contributed by atoms with Gasteiger partial charge in [0.05, 0.1) is 6.20 Å². The van der Waals surface area contributed by atoms with Crippen molar-refractivity contribution in [3.63, 3.8) is 0 Å². The summed E-state index contributed by atoms with van der Waals surface area (Å²) in [6.45, 7) is 1.74. The van der Waals surface area contributed by atoms with E-state index >= 15 is 0 Å². The third-order valence-electron chi connectivity index (χ3n) is 4.93. The van der Waals surface area contributed by atoms with Crippen LogP contribution in [0.1, 0.15) is 20.7 Å². The van der Waals surface area contributed by atoms with Gasteiger partial charge in [0.25, 0.3) is 11.8 Å². The fourth-order valence-electron chi connectivity index (χ4n) is 3.42. The van der Waals surface area contributed by atoms with Gasteiger partial charge in [-0.05, 0) is 36.4 Å². The molecular formula is C20H20FN5O2. The summed E-state index contributed by atoms with van der Waals surface area (Å²) in [6, 6.07) is 9.29. The van der Waals surface area contributed by atoms with Gasteiger partial charge in [0.1, 0.15) is 17.2 Å². The van der Waals surface area contributed by atoms with Gasteiger partial charge in [-0.3, -0.25) is 14.3 Å². The van der Waals surface area contributed by atoms with Crippen LogP contribution in [0.25, 0.3) is 5.82 Å². The zero-order chi connectivity index (χ0) is 19.7. The van der Waals surface area contributed by atoms with Gasteiger partial charge in [0.2, 0.25) is 0 Å². The Morgan fingerprint density at radius 3 is 2.11 bits per heavy atom. The number of nitrogens with zero attached hydrogens (tertiary/aromatic N) is 5. The van der Waals surface area contributed by atoms with Crippen molar-refractivity contribution in [1.82, 2.24) is 24.1 Å². The number of amides is 2. The smallest absolute Gasteiger partial charge is 0.259 e. The molecule has 1 saturated heterocycles. The second-order valence-corrected chi connectivity index (χ2v) is 6.69. The van der Waals surface area contributed by atoms with Gasteiger partial charge in [-0.15, -0.1) is 0 Å². The van der Waals surface area contributed by atoms with E-state index < -0.39 is 0 Å². The van der Waals surface area contributed by atoms with E-state index in [0.717, 1.165) is 0 Å². The van der Waals surface area contributed by atoms with Crippen molar-refractivity contribution in [1.29, 1.82) is 0 Å². The first-order chi connectivity index (χ1) is 13.5. The monoisotopic (exact) mass is 381 g/mol. The number of piperazine rings is 1. The Hall–Kier alpha value is -3.42. The highest BCUT2D eigenvalue weighted by molar-refractivity contribution is 5.98. The topological polar surface area (TPSA) is 63.4 Å². The summed E-state index contributed by atoms with van der Waals surface area (Å²) in [5.41, 5.74) is 0.973. The number of aryl methyl sites for hydroxylation is 1. The molecule has 4 rings (SSSR count). The van der Waals surface area contributed by atoms with E-state index in [2.05, 4.69) is 5.10 Å². The van der Waals surface area contributed by atoms with Crippen LogP contribution < -0.4 is 0 Å². The van der Waals surface area contributed by atoms with Gasteiger partial charge in [0.15, 0.2) is 0 Å². The number of rotatable bonds is 3. The molecule has 3 heterocycles. The molecule has 7 nitrogen and oxygen atoms in total. The van der Waals surface area contributed by atoms with E-state index in [-0.39, 0.29) is 17.6 Å². The number of hydrogen-bond donors (Lipinski definition) is 0. The first kappa shape index (κ1) is 18.0. The highest BCUT2D eigenvalue weighted by Gasteiger charge is 2.28. The predicted octanol–water partition coefficient (Wildman–Crippen LogP) is 1.95. The molecule has 0 aliphatic carbocycles. The van der Waals surface area contributed by atoms with E-state index in [4.69, 9.17) is 0 Å². The Kier molecular flexibility index (Phi) is 4.68. The summed E-state index contributed by atoms with van der Waals surface area (Å²) < 4.78 is 16.6. The van der Waals surface area contributed by atoms with Crippen LogP contribution in [0.5, 0.6) is 0 Å². The van der Waals surface area contributed by atoms with E-state index in [1.54, 1.807) is 27.7 Å². The van der Waals surface area contributed by atoms with Crippen molar-refractivity contribution in [3.8, 4) is 5.82 Å². The number of hydrogen-bond acceptors (Lipinski definition) is 3. The van der Waals surface area contributed by atoms with Crippen molar-refractivity contribution in [2.24, 2.45) is 7.05 Å². The van der Waals surface area contributed by atoms with E-state index in [9.17, 15) is 14.0 Å². The lowest BCUT2D eigenvalue weighted by molar-refractivity contribution is 0.0535. The van der Waals surface area contributed by atoms with Crippen LogP contribution in [-0.4, -0.2) is 62.1 Å². The van der Waals surface area contributed by atoms with Crippen LogP contribution in [0.15, 0.2) is 55.0 Å². The predicted molar refractivity (Wildman–Crippen MR) is 101 cm³/mol. The number of carbonyl (C=O) groups is 2. The van der Waals surface area contributed by atoms with E-state index in [1.807, 2.05) is 29.1 Å². The lowest BCUT2D eigenvalue weighted by Crippen LogP contribution is -2.50. The Bertz CT molecular complexity index is 986.